The molecule has 0 heterocycles. The van der Waals surface area contributed by atoms with Crippen LogP contribution in [-0.4, -0.2) is 32.7 Å². The van der Waals surface area contributed by atoms with Gasteiger partial charge in [-0.3, -0.25) is 4.79 Å². The highest BCUT2D eigenvalue weighted by molar-refractivity contribution is 9.10. The summed E-state index contributed by atoms with van der Waals surface area (Å²) in [6.45, 7) is 1.99. The van der Waals surface area contributed by atoms with Crippen molar-refractivity contribution in [2.24, 2.45) is 0 Å². The molecule has 1 aromatic rings. The van der Waals surface area contributed by atoms with E-state index in [1.165, 1.54) is 0 Å². The molecule has 0 aliphatic heterocycles. The first-order chi connectivity index (χ1) is 8.72. The first kappa shape index (κ1) is 15.0. The zero-order valence-electron chi connectivity index (χ0n) is 10.5. The number of methoxy groups -OCH3 is 1. The van der Waals surface area contributed by atoms with Crippen molar-refractivity contribution in [3.8, 4) is 0 Å². The van der Waals surface area contributed by atoms with Crippen LogP contribution < -0.4 is 10.6 Å². The van der Waals surface area contributed by atoms with E-state index in [0.29, 0.717) is 26.1 Å². The molecule has 0 atom stereocenters. The number of anilines is 1. The van der Waals surface area contributed by atoms with Crippen molar-refractivity contribution in [1.29, 1.82) is 0 Å². The van der Waals surface area contributed by atoms with Crippen LogP contribution >= 0.6 is 15.9 Å². The van der Waals surface area contributed by atoms with Crippen LogP contribution in [0.2, 0.25) is 0 Å². The van der Waals surface area contributed by atoms with Crippen molar-refractivity contribution < 1.29 is 9.53 Å². The van der Waals surface area contributed by atoms with Crippen LogP contribution in [-0.2, 0) is 9.53 Å². The summed E-state index contributed by atoms with van der Waals surface area (Å²) >= 11 is 3.38. The monoisotopic (exact) mass is 314 g/mol. The average Bonchev–Trinajstić information content (AvgIpc) is 2.37. The lowest BCUT2D eigenvalue weighted by Crippen LogP contribution is -2.26. The second-order valence-corrected chi connectivity index (χ2v) is 4.80. The first-order valence-electron chi connectivity index (χ1n) is 5.97. The minimum absolute atomic E-state index is 0.0655. The minimum atomic E-state index is 0.0655. The molecule has 18 heavy (non-hydrogen) atoms. The zero-order valence-corrected chi connectivity index (χ0v) is 12.1. The van der Waals surface area contributed by atoms with Gasteiger partial charge in [0.25, 0.3) is 0 Å². The summed E-state index contributed by atoms with van der Waals surface area (Å²) in [5.74, 6) is 0.0655. The Morgan fingerprint density at radius 1 is 1.28 bits per heavy atom. The smallest absolute Gasteiger partial charge is 0.221 e. The van der Waals surface area contributed by atoms with Crippen LogP contribution in [0, 0.1) is 0 Å². The second-order valence-electron chi connectivity index (χ2n) is 3.88. The van der Waals surface area contributed by atoms with Crippen molar-refractivity contribution >= 4 is 27.5 Å². The second kappa shape index (κ2) is 8.94. The van der Waals surface area contributed by atoms with Gasteiger partial charge in [0.15, 0.2) is 0 Å². The van der Waals surface area contributed by atoms with Gasteiger partial charge in [0.1, 0.15) is 0 Å². The number of benzene rings is 1. The van der Waals surface area contributed by atoms with Crippen molar-refractivity contribution in [1.82, 2.24) is 5.32 Å². The van der Waals surface area contributed by atoms with Gasteiger partial charge >= 0.3 is 0 Å². The lowest BCUT2D eigenvalue weighted by molar-refractivity contribution is -0.120. The van der Waals surface area contributed by atoms with Crippen molar-refractivity contribution in [2.75, 3.05) is 32.1 Å². The topological polar surface area (TPSA) is 50.4 Å². The Morgan fingerprint density at radius 3 is 2.67 bits per heavy atom. The molecule has 0 radical (unpaired) electrons. The van der Waals surface area contributed by atoms with Crippen LogP contribution in [0.1, 0.15) is 12.8 Å². The van der Waals surface area contributed by atoms with Crippen molar-refractivity contribution in [2.45, 2.75) is 12.8 Å². The molecule has 2 N–H and O–H groups in total. The Balaban J connectivity index is 2.10. The molecule has 0 saturated carbocycles. The van der Waals surface area contributed by atoms with Crippen molar-refractivity contribution in [3.63, 3.8) is 0 Å². The third-order valence-corrected chi connectivity index (χ3v) is 2.90. The fraction of sp³-hybridized carbons (Fsp3) is 0.462. The molecular formula is C13H19BrN2O2. The number of rotatable bonds is 8. The highest BCUT2D eigenvalue weighted by Gasteiger charge is 2.00. The molecule has 100 valence electrons. The molecule has 4 nitrogen and oxygen atoms in total. The van der Waals surface area contributed by atoms with Gasteiger partial charge in [-0.15, -0.1) is 0 Å². The largest absolute Gasteiger partial charge is 0.385 e. The van der Waals surface area contributed by atoms with Gasteiger partial charge in [0.05, 0.1) is 0 Å². The van der Waals surface area contributed by atoms with Crippen LogP contribution in [0.25, 0.3) is 0 Å². The van der Waals surface area contributed by atoms with Gasteiger partial charge in [-0.25, -0.2) is 0 Å². The summed E-state index contributed by atoms with van der Waals surface area (Å²) in [4.78, 5) is 11.5. The summed E-state index contributed by atoms with van der Waals surface area (Å²) in [5, 5.41) is 6.04. The molecule has 0 fully saturated rings. The predicted molar refractivity (Wildman–Crippen MR) is 76.8 cm³/mol. The Labute approximate surface area is 116 Å². The fourth-order valence-corrected chi connectivity index (χ4v) is 1.69. The molecule has 0 aromatic heterocycles. The number of halogens is 1. The summed E-state index contributed by atoms with van der Waals surface area (Å²) in [5.41, 5.74) is 1.02. The van der Waals surface area contributed by atoms with Gasteiger partial charge < -0.3 is 15.4 Å². The number of carbonyl (C=O) groups is 1. The van der Waals surface area contributed by atoms with Crippen LogP contribution in [0.3, 0.4) is 0 Å². The van der Waals surface area contributed by atoms with E-state index in [4.69, 9.17) is 4.74 Å². The van der Waals surface area contributed by atoms with E-state index in [1.54, 1.807) is 7.11 Å². The summed E-state index contributed by atoms with van der Waals surface area (Å²) in [7, 11) is 1.66. The van der Waals surface area contributed by atoms with Gasteiger partial charge in [-0.1, -0.05) is 15.9 Å². The summed E-state index contributed by atoms with van der Waals surface area (Å²) in [6, 6.07) is 7.88. The maximum Gasteiger partial charge on any atom is 0.221 e. The molecule has 1 amide bonds. The Hall–Kier alpha value is -1.07. The van der Waals surface area contributed by atoms with E-state index in [2.05, 4.69) is 26.6 Å². The number of amides is 1. The molecule has 0 aliphatic carbocycles. The van der Waals surface area contributed by atoms with E-state index >= 15 is 0 Å². The fourth-order valence-electron chi connectivity index (χ4n) is 1.42. The zero-order chi connectivity index (χ0) is 13.2. The van der Waals surface area contributed by atoms with Gasteiger partial charge in [-0.05, 0) is 30.7 Å². The van der Waals surface area contributed by atoms with Gasteiger partial charge in [-0.2, -0.15) is 0 Å². The van der Waals surface area contributed by atoms with Crippen LogP contribution in [0.4, 0.5) is 5.69 Å². The number of hydrogen-bond donors (Lipinski definition) is 2. The van der Waals surface area contributed by atoms with Gasteiger partial charge in [0.2, 0.25) is 5.91 Å². The maximum absolute atomic E-state index is 11.5. The number of ether oxygens (including phenoxy) is 1. The van der Waals surface area contributed by atoms with E-state index in [-0.39, 0.29) is 5.91 Å². The molecule has 0 saturated heterocycles. The number of nitrogens with one attached hydrogen (secondary N) is 2. The highest BCUT2D eigenvalue weighted by Crippen LogP contribution is 2.13. The van der Waals surface area contributed by atoms with Crippen LogP contribution in [0.15, 0.2) is 28.7 Å². The van der Waals surface area contributed by atoms with Crippen molar-refractivity contribution in [3.05, 3.63) is 28.7 Å². The normalized spacial score (nSPS) is 10.1. The predicted octanol–water partition coefficient (Wildman–Crippen LogP) is 2.40. The Kier molecular flexibility index (Phi) is 7.44. The van der Waals surface area contributed by atoms with Gasteiger partial charge in [0, 0.05) is 43.4 Å². The van der Waals surface area contributed by atoms with E-state index in [0.717, 1.165) is 16.6 Å². The number of hydrogen-bond acceptors (Lipinski definition) is 3. The first-order valence-corrected chi connectivity index (χ1v) is 6.77. The average molecular weight is 315 g/mol. The molecule has 1 rings (SSSR count). The minimum Gasteiger partial charge on any atom is -0.385 e. The van der Waals surface area contributed by atoms with E-state index < -0.39 is 0 Å². The molecule has 0 unspecified atom stereocenters. The molecule has 0 bridgehead atoms. The van der Waals surface area contributed by atoms with E-state index in [1.807, 2.05) is 24.3 Å². The quantitative estimate of drug-likeness (QED) is 0.724. The lowest BCUT2D eigenvalue weighted by atomic mass is 10.3. The molecule has 1 aromatic carbocycles. The lowest BCUT2D eigenvalue weighted by Gasteiger charge is -2.07. The molecule has 5 heteroatoms. The molecular weight excluding hydrogens is 296 g/mol. The molecule has 0 spiro atoms. The Bertz CT molecular complexity index is 355. The van der Waals surface area contributed by atoms with Crippen LogP contribution in [0.5, 0.6) is 0 Å². The third kappa shape index (κ3) is 6.61. The standard InChI is InChI=1S/C13H19BrN2O2/c1-18-10-2-8-16-13(17)7-9-15-12-5-3-11(14)4-6-12/h3-6,15H,2,7-10H2,1H3,(H,16,17). The summed E-state index contributed by atoms with van der Waals surface area (Å²) < 4.78 is 5.95. The number of carbonyl (C=O) groups excluding carboxylic acids is 1. The summed E-state index contributed by atoms with van der Waals surface area (Å²) in [6.07, 6.45) is 1.32. The SMILES string of the molecule is COCCCNC(=O)CCNc1ccc(Br)cc1. The maximum atomic E-state index is 11.5. The molecule has 0 aliphatic rings. The third-order valence-electron chi connectivity index (χ3n) is 2.37. The Morgan fingerprint density at radius 2 is 2.00 bits per heavy atom. The van der Waals surface area contributed by atoms with E-state index in [9.17, 15) is 4.79 Å². The highest BCUT2D eigenvalue weighted by atomic mass is 79.9.